The molecule has 0 atom stereocenters. The van der Waals surface area contributed by atoms with Crippen LogP contribution in [0.2, 0.25) is 0 Å². The molecule has 0 bridgehead atoms. The fourth-order valence-electron chi connectivity index (χ4n) is 1.90. The third kappa shape index (κ3) is 6.31. The number of halogens is 2. The van der Waals surface area contributed by atoms with Gasteiger partial charge in [-0.15, -0.1) is 0 Å². The number of unbranched alkanes of at least 4 members (excludes halogenated alkanes) is 1. The maximum atomic E-state index is 13.2. The molecule has 0 fully saturated rings. The van der Waals surface area contributed by atoms with Crippen molar-refractivity contribution in [3.63, 3.8) is 0 Å². The Balaban J connectivity index is 2.17. The second kappa shape index (κ2) is 10.2. The molecule has 0 saturated carbocycles. The van der Waals surface area contributed by atoms with Crippen molar-refractivity contribution in [1.82, 2.24) is 15.0 Å². The van der Waals surface area contributed by atoms with Crippen LogP contribution in [0.4, 0.5) is 26.2 Å². The first kappa shape index (κ1) is 18.5. The number of hydrogen-bond acceptors (Lipinski definition) is 6. The Morgan fingerprint density at radius 3 is 2.88 bits per heavy atom. The summed E-state index contributed by atoms with van der Waals surface area (Å²) >= 11 is 0. The largest absolute Gasteiger partial charge is 0.369 e. The van der Waals surface area contributed by atoms with E-state index in [1.54, 1.807) is 12.3 Å². The number of alkyl halides is 1. The lowest BCUT2D eigenvalue weighted by atomic mass is 10.2. The van der Waals surface area contributed by atoms with Gasteiger partial charge in [-0.05, 0) is 25.5 Å². The zero-order valence-corrected chi connectivity index (χ0v) is 13.7. The number of pyridine rings is 1. The number of anilines is 3. The molecule has 0 aliphatic heterocycles. The van der Waals surface area contributed by atoms with Crippen LogP contribution in [0.5, 0.6) is 0 Å². The van der Waals surface area contributed by atoms with E-state index in [0.717, 1.165) is 6.42 Å². The van der Waals surface area contributed by atoms with E-state index in [1.807, 2.05) is 0 Å². The molecule has 0 spiro atoms. The van der Waals surface area contributed by atoms with E-state index in [0.29, 0.717) is 43.0 Å². The highest BCUT2D eigenvalue weighted by atomic mass is 19.1. The summed E-state index contributed by atoms with van der Waals surface area (Å²) in [5, 5.41) is 5.95. The van der Waals surface area contributed by atoms with Gasteiger partial charge < -0.3 is 16.4 Å². The Bertz CT molecular complexity index is 741. The van der Waals surface area contributed by atoms with E-state index in [9.17, 15) is 8.78 Å². The van der Waals surface area contributed by atoms with Gasteiger partial charge in [0.05, 0.1) is 18.4 Å². The lowest BCUT2D eigenvalue weighted by Crippen LogP contribution is -2.08. The molecule has 8 heteroatoms. The minimum atomic E-state index is -0.603. The molecule has 2 aromatic rings. The second-order valence-electron chi connectivity index (χ2n) is 5.11. The molecule has 2 aromatic heterocycles. The molecule has 0 amide bonds. The summed E-state index contributed by atoms with van der Waals surface area (Å²) in [4.78, 5) is 12.0. The van der Waals surface area contributed by atoms with Crippen LogP contribution in [-0.2, 0) is 0 Å². The highest BCUT2D eigenvalue weighted by Crippen LogP contribution is 2.17. The lowest BCUT2D eigenvalue weighted by molar-refractivity contribution is 0.481. The predicted octanol–water partition coefficient (Wildman–Crippen LogP) is 2.62. The Morgan fingerprint density at radius 1 is 1.24 bits per heavy atom. The van der Waals surface area contributed by atoms with Gasteiger partial charge in [0.1, 0.15) is 5.82 Å². The van der Waals surface area contributed by atoms with Crippen LogP contribution in [0.1, 0.15) is 24.8 Å². The topological polar surface area (TPSA) is 88.8 Å². The maximum absolute atomic E-state index is 13.2. The van der Waals surface area contributed by atoms with Gasteiger partial charge in [0.2, 0.25) is 11.9 Å². The molecule has 132 valence electrons. The van der Waals surface area contributed by atoms with Crippen LogP contribution >= 0.6 is 0 Å². The van der Waals surface area contributed by atoms with Crippen LogP contribution in [0, 0.1) is 17.8 Å². The third-order valence-corrected chi connectivity index (χ3v) is 3.10. The Morgan fingerprint density at radius 2 is 2.12 bits per heavy atom. The van der Waals surface area contributed by atoms with Crippen molar-refractivity contribution in [2.75, 3.05) is 30.4 Å². The van der Waals surface area contributed by atoms with Crippen LogP contribution < -0.4 is 16.4 Å². The van der Waals surface area contributed by atoms with Gasteiger partial charge >= 0.3 is 0 Å². The van der Waals surface area contributed by atoms with Gasteiger partial charge in [0.15, 0.2) is 0 Å². The number of rotatable bonds is 8. The molecule has 0 aliphatic carbocycles. The summed E-state index contributed by atoms with van der Waals surface area (Å²) in [7, 11) is 0. The monoisotopic (exact) mass is 346 g/mol. The van der Waals surface area contributed by atoms with Crippen molar-refractivity contribution in [1.29, 1.82) is 0 Å². The Labute approximate surface area is 145 Å². The van der Waals surface area contributed by atoms with Crippen molar-refractivity contribution in [3.05, 3.63) is 36.0 Å². The molecular formula is C17H20F2N6. The molecular weight excluding hydrogens is 326 g/mol. The molecule has 2 rings (SSSR count). The van der Waals surface area contributed by atoms with Crippen molar-refractivity contribution in [2.24, 2.45) is 5.73 Å². The first-order valence-electron chi connectivity index (χ1n) is 7.97. The van der Waals surface area contributed by atoms with Crippen LogP contribution in [0.25, 0.3) is 0 Å². The number of nitrogens with two attached hydrogens (primary N) is 1. The fraction of sp³-hybridized carbons (Fsp3) is 0.353. The smallest absolute Gasteiger partial charge is 0.229 e. The maximum Gasteiger partial charge on any atom is 0.229 e. The van der Waals surface area contributed by atoms with Gasteiger partial charge in [-0.2, -0.15) is 9.37 Å². The number of hydrogen-bond donors (Lipinski definition) is 3. The van der Waals surface area contributed by atoms with E-state index < -0.39 is 12.6 Å². The first-order chi connectivity index (χ1) is 12.2. The van der Waals surface area contributed by atoms with E-state index in [1.165, 1.54) is 12.3 Å². The van der Waals surface area contributed by atoms with Crippen LogP contribution in [-0.4, -0.2) is 34.7 Å². The van der Waals surface area contributed by atoms with E-state index in [-0.39, 0.29) is 5.95 Å². The first-order valence-corrected chi connectivity index (χ1v) is 7.97. The number of nitrogens with zero attached hydrogens (tertiary/aromatic N) is 3. The number of aromatic nitrogens is 3. The summed E-state index contributed by atoms with van der Waals surface area (Å²) in [6.07, 6.45) is 4.76. The highest BCUT2D eigenvalue weighted by molar-refractivity contribution is 5.59. The summed E-state index contributed by atoms with van der Waals surface area (Å²) in [5.41, 5.74) is 6.53. The van der Waals surface area contributed by atoms with Gasteiger partial charge in [-0.25, -0.2) is 9.97 Å². The summed E-state index contributed by atoms with van der Waals surface area (Å²) in [5.74, 6) is 6.17. The van der Waals surface area contributed by atoms with Crippen molar-refractivity contribution in [3.8, 4) is 11.8 Å². The highest BCUT2D eigenvalue weighted by Gasteiger charge is 2.06. The third-order valence-electron chi connectivity index (χ3n) is 3.10. The summed E-state index contributed by atoms with van der Waals surface area (Å²) in [6, 6.07) is 2.84. The Hall–Kier alpha value is -2.79. The average molecular weight is 346 g/mol. The van der Waals surface area contributed by atoms with Gasteiger partial charge in [0, 0.05) is 30.9 Å². The molecule has 25 heavy (non-hydrogen) atoms. The molecule has 4 N–H and O–H groups in total. The van der Waals surface area contributed by atoms with E-state index in [4.69, 9.17) is 5.73 Å². The van der Waals surface area contributed by atoms with E-state index in [2.05, 4.69) is 37.4 Å². The zero-order valence-electron chi connectivity index (χ0n) is 13.7. The average Bonchev–Trinajstić information content (AvgIpc) is 2.60. The molecule has 0 saturated heterocycles. The van der Waals surface area contributed by atoms with Gasteiger partial charge in [0.25, 0.3) is 0 Å². The fourth-order valence-corrected chi connectivity index (χ4v) is 1.90. The van der Waals surface area contributed by atoms with Gasteiger partial charge in [-0.3, -0.25) is 4.39 Å². The summed E-state index contributed by atoms with van der Waals surface area (Å²) in [6.45, 7) is 0.587. The molecule has 2 heterocycles. The normalized spacial score (nSPS) is 10.0. The standard InChI is InChI=1S/C17H20F2N6/c18-7-4-9-22-16-13(5-2-1-3-8-20)12-23-17(25-16)24-14-6-10-21-15(19)11-14/h6,10-12H,1,3-4,7-9,20H2,(H2,21,22,23,24,25). The SMILES string of the molecule is NCCCC#Cc1cnc(Nc2ccnc(F)c2)nc1NCCCF. The minimum Gasteiger partial charge on any atom is -0.369 e. The van der Waals surface area contributed by atoms with E-state index >= 15 is 0 Å². The molecule has 0 aromatic carbocycles. The lowest BCUT2D eigenvalue weighted by Gasteiger charge is -2.10. The van der Waals surface area contributed by atoms with Crippen LogP contribution in [0.15, 0.2) is 24.5 Å². The van der Waals surface area contributed by atoms with Crippen molar-refractivity contribution >= 4 is 17.5 Å². The minimum absolute atomic E-state index is 0.279. The zero-order chi connectivity index (χ0) is 17.9. The van der Waals surface area contributed by atoms with Crippen LogP contribution in [0.3, 0.4) is 0 Å². The van der Waals surface area contributed by atoms with Crippen molar-refractivity contribution in [2.45, 2.75) is 19.3 Å². The predicted molar refractivity (Wildman–Crippen MR) is 93.8 cm³/mol. The quantitative estimate of drug-likeness (QED) is 0.387. The second-order valence-corrected chi connectivity index (χ2v) is 5.11. The molecule has 6 nitrogen and oxygen atoms in total. The Kier molecular flexibility index (Phi) is 7.53. The molecule has 0 radical (unpaired) electrons. The number of nitrogens with one attached hydrogen (secondary N) is 2. The summed E-state index contributed by atoms with van der Waals surface area (Å²) < 4.78 is 25.5. The molecule has 0 aliphatic rings. The van der Waals surface area contributed by atoms with Gasteiger partial charge in [-0.1, -0.05) is 11.8 Å². The molecule has 0 unspecified atom stereocenters. The van der Waals surface area contributed by atoms with Crippen molar-refractivity contribution < 1.29 is 8.78 Å².